The third-order valence-corrected chi connectivity index (χ3v) is 5.57. The molecule has 0 aromatic rings. The van der Waals surface area contributed by atoms with Crippen molar-refractivity contribution in [2.75, 3.05) is 39.3 Å². The molecule has 0 radical (unpaired) electrons. The third kappa shape index (κ3) is 4.09. The Bertz CT molecular complexity index is 474. The highest BCUT2D eigenvalue weighted by molar-refractivity contribution is 5.89. The van der Waals surface area contributed by atoms with E-state index < -0.39 is 5.60 Å². The van der Waals surface area contributed by atoms with Crippen LogP contribution >= 0.6 is 0 Å². The molecule has 3 fully saturated rings. The van der Waals surface area contributed by atoms with Crippen LogP contribution in [0.5, 0.6) is 0 Å². The molecule has 136 valence electrons. The topological polar surface area (TPSA) is 64.1 Å². The first-order valence-corrected chi connectivity index (χ1v) is 9.36. The predicted octanol–water partition coefficient (Wildman–Crippen LogP) is 0.693. The summed E-state index contributed by atoms with van der Waals surface area (Å²) in [5, 5.41) is 9.91. The first-order valence-electron chi connectivity index (χ1n) is 9.36. The van der Waals surface area contributed by atoms with Crippen LogP contribution in [0.2, 0.25) is 0 Å². The van der Waals surface area contributed by atoms with E-state index in [-0.39, 0.29) is 17.7 Å². The minimum Gasteiger partial charge on any atom is -0.389 e. The summed E-state index contributed by atoms with van der Waals surface area (Å²) in [5.74, 6) is 0.159. The zero-order valence-electron chi connectivity index (χ0n) is 15.0. The Morgan fingerprint density at radius 1 is 1.17 bits per heavy atom. The van der Waals surface area contributed by atoms with Crippen molar-refractivity contribution in [3.8, 4) is 0 Å². The average molecular weight is 337 g/mol. The molecule has 1 atom stereocenters. The van der Waals surface area contributed by atoms with E-state index >= 15 is 0 Å². The number of carbonyl (C=O) groups excluding carboxylic acids is 2. The van der Waals surface area contributed by atoms with E-state index in [9.17, 15) is 14.7 Å². The lowest BCUT2D eigenvalue weighted by atomic mass is 10.1. The van der Waals surface area contributed by atoms with Crippen molar-refractivity contribution in [2.45, 2.75) is 57.6 Å². The minimum atomic E-state index is -0.703. The first-order chi connectivity index (χ1) is 11.3. The van der Waals surface area contributed by atoms with Crippen molar-refractivity contribution in [2.24, 2.45) is 5.92 Å². The van der Waals surface area contributed by atoms with Gasteiger partial charge in [0.1, 0.15) is 0 Å². The Kier molecular flexibility index (Phi) is 5.16. The van der Waals surface area contributed by atoms with E-state index in [2.05, 4.69) is 4.90 Å². The normalized spacial score (nSPS) is 27.3. The van der Waals surface area contributed by atoms with E-state index in [1.807, 2.05) is 23.6 Å². The maximum atomic E-state index is 12.8. The first kappa shape index (κ1) is 17.7. The Morgan fingerprint density at radius 2 is 1.79 bits per heavy atom. The molecule has 6 heteroatoms. The van der Waals surface area contributed by atoms with Gasteiger partial charge < -0.3 is 14.9 Å². The summed E-state index contributed by atoms with van der Waals surface area (Å²) in [6.45, 7) is 7.86. The lowest BCUT2D eigenvalue weighted by Gasteiger charge is -2.38. The number of likely N-dealkylation sites (tertiary alicyclic amines) is 1. The molecule has 2 aliphatic heterocycles. The van der Waals surface area contributed by atoms with Gasteiger partial charge in [-0.1, -0.05) is 12.8 Å². The van der Waals surface area contributed by atoms with Crippen LogP contribution in [0.15, 0.2) is 0 Å². The number of amides is 2. The molecular weight excluding hydrogens is 306 g/mol. The van der Waals surface area contributed by atoms with Crippen LogP contribution in [-0.2, 0) is 9.59 Å². The second-order valence-corrected chi connectivity index (χ2v) is 8.30. The summed E-state index contributed by atoms with van der Waals surface area (Å²) < 4.78 is 0. The van der Waals surface area contributed by atoms with E-state index in [1.54, 1.807) is 0 Å². The fraction of sp³-hybridized carbons (Fsp3) is 0.889. The second-order valence-electron chi connectivity index (χ2n) is 8.30. The lowest BCUT2D eigenvalue weighted by Crippen LogP contribution is -2.53. The molecule has 0 bridgehead atoms. The molecule has 0 aromatic heterocycles. The molecule has 2 amide bonds. The van der Waals surface area contributed by atoms with E-state index in [1.165, 1.54) is 12.8 Å². The van der Waals surface area contributed by atoms with Gasteiger partial charge in [0.05, 0.1) is 11.5 Å². The molecule has 2 heterocycles. The fourth-order valence-corrected chi connectivity index (χ4v) is 4.40. The molecule has 2 saturated heterocycles. The zero-order chi connectivity index (χ0) is 17.3. The standard InChI is InChI=1S/C18H31N3O3/c1-18(2,24)13-19-7-9-20(10-8-19)17(23)14-11-16(22)21(12-14)15-5-3-4-6-15/h14-15,24H,3-13H2,1-2H3/t14-/m1/s1. The number of piperazine rings is 1. The number of hydrogen-bond acceptors (Lipinski definition) is 4. The van der Waals surface area contributed by atoms with Gasteiger partial charge in [-0.15, -0.1) is 0 Å². The highest BCUT2D eigenvalue weighted by Gasteiger charge is 2.40. The highest BCUT2D eigenvalue weighted by atomic mass is 16.3. The van der Waals surface area contributed by atoms with Gasteiger partial charge in [-0.05, 0) is 26.7 Å². The molecule has 0 spiro atoms. The summed E-state index contributed by atoms with van der Waals surface area (Å²) in [7, 11) is 0. The Hall–Kier alpha value is -1.14. The van der Waals surface area contributed by atoms with Crippen LogP contribution in [0, 0.1) is 5.92 Å². The Morgan fingerprint density at radius 3 is 2.38 bits per heavy atom. The van der Waals surface area contributed by atoms with Crippen LogP contribution in [0.3, 0.4) is 0 Å². The molecule has 0 unspecified atom stereocenters. The van der Waals surface area contributed by atoms with Gasteiger partial charge in [-0.2, -0.15) is 0 Å². The van der Waals surface area contributed by atoms with Gasteiger partial charge in [-0.3, -0.25) is 14.5 Å². The van der Waals surface area contributed by atoms with Gasteiger partial charge in [0.25, 0.3) is 0 Å². The number of carbonyl (C=O) groups is 2. The SMILES string of the molecule is CC(C)(O)CN1CCN(C(=O)[C@@H]2CC(=O)N(C3CCCC3)C2)CC1. The van der Waals surface area contributed by atoms with Gasteiger partial charge in [-0.25, -0.2) is 0 Å². The van der Waals surface area contributed by atoms with Crippen molar-refractivity contribution >= 4 is 11.8 Å². The van der Waals surface area contributed by atoms with E-state index in [0.717, 1.165) is 25.9 Å². The van der Waals surface area contributed by atoms with Crippen LogP contribution < -0.4 is 0 Å². The molecule has 1 saturated carbocycles. The quantitative estimate of drug-likeness (QED) is 0.820. The third-order valence-electron chi connectivity index (χ3n) is 5.57. The van der Waals surface area contributed by atoms with E-state index in [4.69, 9.17) is 0 Å². The number of nitrogens with zero attached hydrogens (tertiary/aromatic N) is 3. The van der Waals surface area contributed by atoms with Crippen molar-refractivity contribution in [3.05, 3.63) is 0 Å². The highest BCUT2D eigenvalue weighted by Crippen LogP contribution is 2.30. The fourth-order valence-electron chi connectivity index (χ4n) is 4.40. The Balaban J connectivity index is 1.50. The molecule has 1 aliphatic carbocycles. The maximum Gasteiger partial charge on any atom is 0.228 e. The van der Waals surface area contributed by atoms with Gasteiger partial charge >= 0.3 is 0 Å². The minimum absolute atomic E-state index is 0.145. The van der Waals surface area contributed by atoms with Crippen LogP contribution in [0.1, 0.15) is 46.0 Å². The summed E-state index contributed by atoms with van der Waals surface area (Å²) in [4.78, 5) is 31.2. The predicted molar refractivity (Wildman–Crippen MR) is 91.4 cm³/mol. The van der Waals surface area contributed by atoms with Crippen LogP contribution in [-0.4, -0.2) is 82.5 Å². The molecule has 1 N–H and O–H groups in total. The smallest absolute Gasteiger partial charge is 0.228 e. The molecular formula is C18H31N3O3. The zero-order valence-corrected chi connectivity index (χ0v) is 15.0. The Labute approximate surface area is 144 Å². The van der Waals surface area contributed by atoms with Gasteiger partial charge in [0, 0.05) is 51.7 Å². The summed E-state index contributed by atoms with van der Waals surface area (Å²) >= 11 is 0. The molecule has 3 rings (SSSR count). The van der Waals surface area contributed by atoms with Crippen molar-refractivity contribution < 1.29 is 14.7 Å². The molecule has 6 nitrogen and oxygen atoms in total. The number of hydrogen-bond donors (Lipinski definition) is 1. The van der Waals surface area contributed by atoms with Crippen molar-refractivity contribution in [1.29, 1.82) is 0 Å². The van der Waals surface area contributed by atoms with Crippen LogP contribution in [0.4, 0.5) is 0 Å². The van der Waals surface area contributed by atoms with E-state index in [0.29, 0.717) is 38.6 Å². The van der Waals surface area contributed by atoms with Crippen molar-refractivity contribution in [3.63, 3.8) is 0 Å². The van der Waals surface area contributed by atoms with Crippen LogP contribution in [0.25, 0.3) is 0 Å². The van der Waals surface area contributed by atoms with Crippen molar-refractivity contribution in [1.82, 2.24) is 14.7 Å². The lowest BCUT2D eigenvalue weighted by molar-refractivity contribution is -0.137. The largest absolute Gasteiger partial charge is 0.389 e. The number of rotatable bonds is 4. The summed E-state index contributed by atoms with van der Waals surface area (Å²) in [6, 6.07) is 0.374. The molecule has 24 heavy (non-hydrogen) atoms. The second kappa shape index (κ2) is 7.00. The monoisotopic (exact) mass is 337 g/mol. The average Bonchev–Trinajstić information content (AvgIpc) is 3.14. The van der Waals surface area contributed by atoms with Gasteiger partial charge in [0.15, 0.2) is 0 Å². The van der Waals surface area contributed by atoms with Gasteiger partial charge in [0.2, 0.25) is 11.8 Å². The number of aliphatic hydroxyl groups is 1. The maximum absolute atomic E-state index is 12.8. The summed E-state index contributed by atoms with van der Waals surface area (Å²) in [5.41, 5.74) is -0.703. The summed E-state index contributed by atoms with van der Waals surface area (Å²) in [6.07, 6.45) is 5.00. The number of β-amino-alcohol motifs (C(OH)–C–C–N with tert-alkyl or cyclic N) is 1. The molecule has 0 aromatic carbocycles. The molecule has 3 aliphatic rings.